The Kier molecular flexibility index (Phi) is 2.71. The number of nitrogens with zero attached hydrogens (tertiary/aromatic N) is 3. The number of carbonyl (C=O) groups is 1. The van der Waals surface area contributed by atoms with Gasteiger partial charge in [0, 0.05) is 18.8 Å². The molecule has 0 radical (unpaired) electrons. The van der Waals surface area contributed by atoms with E-state index in [1.165, 1.54) is 24.4 Å². The first-order valence-corrected chi connectivity index (χ1v) is 5.87. The Morgan fingerprint density at radius 2 is 2.10 bits per heavy atom. The summed E-state index contributed by atoms with van der Waals surface area (Å²) in [5.74, 6) is -0.915. The molecule has 2 heterocycles. The Balaban J connectivity index is 2.22. The molecule has 0 unspecified atom stereocenters. The fourth-order valence-corrected chi connectivity index (χ4v) is 2.13. The van der Waals surface area contributed by atoms with Gasteiger partial charge in [-0.2, -0.15) is 0 Å². The maximum absolute atomic E-state index is 13.2. The second kappa shape index (κ2) is 4.41. The third-order valence-electron chi connectivity index (χ3n) is 3.09. The van der Waals surface area contributed by atoms with E-state index in [0.29, 0.717) is 16.9 Å². The molecular formula is C14H10FN3O2. The number of benzene rings is 1. The van der Waals surface area contributed by atoms with Gasteiger partial charge in [0.25, 0.3) is 0 Å². The van der Waals surface area contributed by atoms with Gasteiger partial charge in [0.15, 0.2) is 0 Å². The van der Waals surface area contributed by atoms with Gasteiger partial charge in [-0.3, -0.25) is 4.98 Å². The fraction of sp³-hybridized carbons (Fsp3) is 0.0714. The monoisotopic (exact) mass is 271 g/mol. The van der Waals surface area contributed by atoms with Crippen molar-refractivity contribution in [2.24, 2.45) is 7.05 Å². The van der Waals surface area contributed by atoms with Crippen molar-refractivity contribution in [3.05, 3.63) is 48.0 Å². The Hall–Kier alpha value is -2.76. The normalized spacial score (nSPS) is 10.9. The van der Waals surface area contributed by atoms with Crippen LogP contribution in [0.5, 0.6) is 0 Å². The van der Waals surface area contributed by atoms with Crippen molar-refractivity contribution in [3.63, 3.8) is 0 Å². The predicted octanol–water partition coefficient (Wildman–Crippen LogP) is 2.47. The molecule has 0 aliphatic rings. The fourth-order valence-electron chi connectivity index (χ4n) is 2.13. The van der Waals surface area contributed by atoms with Crippen LogP contribution >= 0.6 is 0 Å². The highest BCUT2D eigenvalue weighted by atomic mass is 19.1. The van der Waals surface area contributed by atoms with E-state index in [2.05, 4.69) is 9.97 Å². The molecule has 1 N–H and O–H groups in total. The van der Waals surface area contributed by atoms with Crippen molar-refractivity contribution in [1.82, 2.24) is 14.5 Å². The maximum atomic E-state index is 13.2. The number of aryl methyl sites for hydroxylation is 1. The first-order chi connectivity index (χ1) is 9.56. The molecule has 5 nitrogen and oxygen atoms in total. The number of hydrogen-bond acceptors (Lipinski definition) is 3. The SMILES string of the molecule is Cn1c(-c2cncc(F)c2)nc2cc(C(=O)O)ccc21. The van der Waals surface area contributed by atoms with E-state index in [4.69, 9.17) is 5.11 Å². The Morgan fingerprint density at radius 3 is 2.80 bits per heavy atom. The van der Waals surface area contributed by atoms with Crippen LogP contribution < -0.4 is 0 Å². The molecule has 0 aliphatic carbocycles. The lowest BCUT2D eigenvalue weighted by molar-refractivity contribution is 0.0697. The van der Waals surface area contributed by atoms with Crippen LogP contribution in [0.15, 0.2) is 36.7 Å². The molecule has 1 aromatic carbocycles. The molecule has 0 saturated heterocycles. The van der Waals surface area contributed by atoms with Crippen molar-refractivity contribution < 1.29 is 14.3 Å². The van der Waals surface area contributed by atoms with Crippen molar-refractivity contribution in [1.29, 1.82) is 0 Å². The Bertz CT molecular complexity index is 826. The van der Waals surface area contributed by atoms with Gasteiger partial charge in [0.1, 0.15) is 11.6 Å². The molecule has 2 aromatic heterocycles. The van der Waals surface area contributed by atoms with Crippen molar-refractivity contribution >= 4 is 17.0 Å². The number of carboxylic acids is 1. The molecule has 0 saturated carbocycles. The summed E-state index contributed by atoms with van der Waals surface area (Å²) in [5.41, 5.74) is 2.03. The van der Waals surface area contributed by atoms with E-state index in [9.17, 15) is 9.18 Å². The first kappa shape index (κ1) is 12.3. The molecular weight excluding hydrogens is 261 g/mol. The number of carboxylic acid groups (broad SMARTS) is 1. The van der Waals surface area contributed by atoms with Gasteiger partial charge in [0.2, 0.25) is 0 Å². The molecule has 3 rings (SSSR count). The molecule has 0 atom stereocenters. The summed E-state index contributed by atoms with van der Waals surface area (Å²) < 4.78 is 15.0. The summed E-state index contributed by atoms with van der Waals surface area (Å²) in [4.78, 5) is 19.1. The summed E-state index contributed by atoms with van der Waals surface area (Å²) >= 11 is 0. The minimum atomic E-state index is -1.01. The third kappa shape index (κ3) is 1.91. The van der Waals surface area contributed by atoms with Crippen LogP contribution in [0, 0.1) is 5.82 Å². The van der Waals surface area contributed by atoms with Gasteiger partial charge in [-0.25, -0.2) is 14.2 Å². The van der Waals surface area contributed by atoms with Gasteiger partial charge in [-0.1, -0.05) is 0 Å². The largest absolute Gasteiger partial charge is 0.478 e. The number of pyridine rings is 1. The zero-order chi connectivity index (χ0) is 14.3. The molecule has 0 fully saturated rings. The summed E-state index contributed by atoms with van der Waals surface area (Å²) in [5, 5.41) is 8.98. The summed E-state index contributed by atoms with van der Waals surface area (Å²) in [6, 6.07) is 6.03. The highest BCUT2D eigenvalue weighted by Gasteiger charge is 2.13. The van der Waals surface area contributed by atoms with Crippen molar-refractivity contribution in [3.8, 4) is 11.4 Å². The van der Waals surface area contributed by atoms with Crippen LogP contribution in [-0.2, 0) is 7.05 Å². The molecule has 3 aromatic rings. The van der Waals surface area contributed by atoms with Crippen molar-refractivity contribution in [2.75, 3.05) is 0 Å². The molecule has 0 amide bonds. The molecule has 6 heteroatoms. The summed E-state index contributed by atoms with van der Waals surface area (Å²) in [7, 11) is 1.79. The first-order valence-electron chi connectivity index (χ1n) is 5.87. The molecule has 20 heavy (non-hydrogen) atoms. The van der Waals surface area contributed by atoms with Crippen LogP contribution in [0.2, 0.25) is 0 Å². The van der Waals surface area contributed by atoms with Crippen LogP contribution in [-0.4, -0.2) is 25.6 Å². The average molecular weight is 271 g/mol. The van der Waals surface area contributed by atoms with Gasteiger partial charge in [-0.05, 0) is 24.3 Å². The highest BCUT2D eigenvalue weighted by Crippen LogP contribution is 2.24. The van der Waals surface area contributed by atoms with E-state index < -0.39 is 11.8 Å². The lowest BCUT2D eigenvalue weighted by Crippen LogP contribution is -1.96. The summed E-state index contributed by atoms with van der Waals surface area (Å²) in [6.45, 7) is 0. The zero-order valence-corrected chi connectivity index (χ0v) is 10.5. The number of imidazole rings is 1. The lowest BCUT2D eigenvalue weighted by atomic mass is 10.2. The van der Waals surface area contributed by atoms with Gasteiger partial charge in [0.05, 0.1) is 22.8 Å². The van der Waals surface area contributed by atoms with E-state index >= 15 is 0 Å². The highest BCUT2D eigenvalue weighted by molar-refractivity contribution is 5.93. The zero-order valence-electron chi connectivity index (χ0n) is 10.5. The summed E-state index contributed by atoms with van der Waals surface area (Å²) in [6.07, 6.45) is 2.64. The second-order valence-electron chi connectivity index (χ2n) is 4.39. The smallest absolute Gasteiger partial charge is 0.335 e. The van der Waals surface area contributed by atoms with Crippen LogP contribution in [0.3, 0.4) is 0 Å². The Labute approximate surface area is 113 Å². The van der Waals surface area contributed by atoms with Crippen LogP contribution in [0.1, 0.15) is 10.4 Å². The van der Waals surface area contributed by atoms with Crippen LogP contribution in [0.25, 0.3) is 22.4 Å². The number of hydrogen-bond donors (Lipinski definition) is 1. The molecule has 100 valence electrons. The standard InChI is InChI=1S/C14H10FN3O2/c1-18-12-3-2-8(14(19)20)5-11(12)17-13(18)9-4-10(15)7-16-6-9/h2-7H,1H3,(H,19,20). The van der Waals surface area contributed by atoms with Crippen molar-refractivity contribution in [2.45, 2.75) is 0 Å². The molecule has 0 spiro atoms. The second-order valence-corrected chi connectivity index (χ2v) is 4.39. The number of halogens is 1. The number of aromatic carboxylic acids is 1. The quantitative estimate of drug-likeness (QED) is 0.777. The van der Waals surface area contributed by atoms with E-state index in [0.717, 1.165) is 11.7 Å². The molecule has 0 bridgehead atoms. The topological polar surface area (TPSA) is 68.0 Å². The van der Waals surface area contributed by atoms with Gasteiger partial charge >= 0.3 is 5.97 Å². The van der Waals surface area contributed by atoms with Gasteiger partial charge in [-0.15, -0.1) is 0 Å². The van der Waals surface area contributed by atoms with Gasteiger partial charge < -0.3 is 9.67 Å². The van der Waals surface area contributed by atoms with E-state index in [1.54, 1.807) is 17.7 Å². The maximum Gasteiger partial charge on any atom is 0.335 e. The minimum absolute atomic E-state index is 0.166. The molecule has 0 aliphatic heterocycles. The number of rotatable bonds is 2. The van der Waals surface area contributed by atoms with Crippen LogP contribution in [0.4, 0.5) is 4.39 Å². The van der Waals surface area contributed by atoms with E-state index in [-0.39, 0.29) is 5.56 Å². The average Bonchev–Trinajstić information content (AvgIpc) is 2.75. The number of fused-ring (bicyclic) bond motifs is 1. The number of aromatic nitrogens is 3. The minimum Gasteiger partial charge on any atom is -0.478 e. The Morgan fingerprint density at radius 1 is 1.30 bits per heavy atom. The van der Waals surface area contributed by atoms with E-state index in [1.807, 2.05) is 0 Å². The predicted molar refractivity (Wildman–Crippen MR) is 70.9 cm³/mol. The third-order valence-corrected chi connectivity index (χ3v) is 3.09. The lowest BCUT2D eigenvalue weighted by Gasteiger charge is -2.01.